The van der Waals surface area contributed by atoms with Crippen LogP contribution in [0.1, 0.15) is 52.9 Å². The SMILES string of the molecule is CN1CCS/C1=N\NC(=O)C(=O)C(NC(=O)/C=C/C(C)(C)C)C1CCCCC1.Cl. The van der Waals surface area contributed by atoms with E-state index in [-0.39, 0.29) is 29.6 Å². The molecule has 2 aliphatic rings. The molecule has 0 aromatic heterocycles. The van der Waals surface area contributed by atoms with Crippen LogP contribution in [0, 0.1) is 11.3 Å². The number of Topliss-reactive ketones (excluding diaryl/α,β-unsaturated/α-hetero) is 1. The summed E-state index contributed by atoms with van der Waals surface area (Å²) < 4.78 is 0. The fraction of sp³-hybridized carbons (Fsp3) is 0.700. The lowest BCUT2D eigenvalue weighted by atomic mass is 9.82. The molecule has 9 heteroatoms. The molecule has 1 aliphatic heterocycles. The second-order valence-corrected chi connectivity index (χ2v) is 9.62. The molecule has 2 amide bonds. The van der Waals surface area contributed by atoms with Crippen molar-refractivity contribution in [1.29, 1.82) is 0 Å². The minimum absolute atomic E-state index is 0. The number of amides is 2. The molecule has 2 fully saturated rings. The van der Waals surface area contributed by atoms with Crippen molar-refractivity contribution in [2.24, 2.45) is 16.4 Å². The van der Waals surface area contributed by atoms with Gasteiger partial charge in [-0.15, -0.1) is 17.5 Å². The van der Waals surface area contributed by atoms with Gasteiger partial charge in [0.1, 0.15) is 6.04 Å². The molecule has 7 nitrogen and oxygen atoms in total. The summed E-state index contributed by atoms with van der Waals surface area (Å²) in [5.74, 6) is -0.859. The largest absolute Gasteiger partial charge is 0.352 e. The number of hydrogen-bond acceptors (Lipinski definition) is 5. The van der Waals surface area contributed by atoms with E-state index in [0.29, 0.717) is 5.17 Å². The summed E-state index contributed by atoms with van der Waals surface area (Å²) in [6.45, 7) is 6.83. The van der Waals surface area contributed by atoms with Crippen molar-refractivity contribution in [2.45, 2.75) is 58.9 Å². The fourth-order valence-corrected chi connectivity index (χ4v) is 4.25. The van der Waals surface area contributed by atoms with Gasteiger partial charge in [-0.05, 0) is 30.3 Å². The lowest BCUT2D eigenvalue weighted by molar-refractivity contribution is -0.140. The lowest BCUT2D eigenvalue weighted by Gasteiger charge is -2.29. The van der Waals surface area contributed by atoms with Gasteiger partial charge in [0.05, 0.1) is 0 Å². The third-order valence-electron chi connectivity index (χ3n) is 4.90. The predicted octanol–water partition coefficient (Wildman–Crippen LogP) is 2.71. The van der Waals surface area contributed by atoms with Crippen molar-refractivity contribution in [2.75, 3.05) is 19.3 Å². The molecule has 2 rings (SSSR count). The molecule has 0 spiro atoms. The maximum Gasteiger partial charge on any atom is 0.309 e. The molecule has 1 heterocycles. The third kappa shape index (κ3) is 8.38. The Bertz CT molecular complexity index is 655. The highest BCUT2D eigenvalue weighted by Gasteiger charge is 2.34. The number of carbonyl (C=O) groups excluding carboxylic acids is 3. The van der Waals surface area contributed by atoms with E-state index in [1.165, 1.54) is 17.8 Å². The van der Waals surface area contributed by atoms with Gasteiger partial charge in [0.25, 0.3) is 0 Å². The standard InChI is InChI=1S/C20H32N4O3S.ClH/c1-20(2,3)11-10-15(25)21-16(14-8-6-5-7-9-14)17(26)18(27)22-23-19-24(4)12-13-28-19;/h10-11,14,16H,5-9,12-13H2,1-4H3,(H,21,25)(H,22,27);1H/b11-10+,23-19-;. The van der Waals surface area contributed by atoms with Crippen molar-refractivity contribution < 1.29 is 14.4 Å². The second-order valence-electron chi connectivity index (χ2n) is 8.55. The molecular formula is C20H33ClN4O3S. The van der Waals surface area contributed by atoms with E-state index in [1.807, 2.05) is 32.7 Å². The Morgan fingerprint density at radius 2 is 1.86 bits per heavy atom. The van der Waals surface area contributed by atoms with Gasteiger partial charge in [-0.2, -0.15) is 0 Å². The zero-order chi connectivity index (χ0) is 20.7. The average molecular weight is 445 g/mol. The molecule has 164 valence electrons. The number of halogens is 1. The van der Waals surface area contributed by atoms with E-state index < -0.39 is 17.7 Å². The van der Waals surface area contributed by atoms with Gasteiger partial charge in [0, 0.05) is 19.3 Å². The van der Waals surface area contributed by atoms with Crippen LogP contribution in [0.4, 0.5) is 0 Å². The van der Waals surface area contributed by atoms with Crippen molar-refractivity contribution in [3.63, 3.8) is 0 Å². The maximum absolute atomic E-state index is 12.8. The summed E-state index contributed by atoms with van der Waals surface area (Å²) in [6.07, 6.45) is 8.05. The van der Waals surface area contributed by atoms with Gasteiger partial charge >= 0.3 is 5.91 Å². The van der Waals surface area contributed by atoms with Gasteiger partial charge in [-0.25, -0.2) is 5.43 Å². The zero-order valence-electron chi connectivity index (χ0n) is 17.7. The molecule has 2 N–H and O–H groups in total. The van der Waals surface area contributed by atoms with Crippen molar-refractivity contribution in [3.8, 4) is 0 Å². The molecule has 0 bridgehead atoms. The summed E-state index contributed by atoms with van der Waals surface area (Å²) in [5, 5.41) is 7.52. The first-order valence-corrected chi connectivity index (χ1v) is 10.9. The Balaban J connectivity index is 0.00000420. The predicted molar refractivity (Wildman–Crippen MR) is 120 cm³/mol. The highest BCUT2D eigenvalue weighted by atomic mass is 35.5. The number of nitrogens with one attached hydrogen (secondary N) is 2. The number of hydrazone groups is 1. The number of nitrogens with zero attached hydrogens (tertiary/aromatic N) is 2. The van der Waals surface area contributed by atoms with Crippen LogP contribution in [0.5, 0.6) is 0 Å². The Morgan fingerprint density at radius 1 is 1.21 bits per heavy atom. The number of amidine groups is 1. The van der Waals surface area contributed by atoms with Gasteiger partial charge < -0.3 is 10.2 Å². The molecule has 1 saturated heterocycles. The van der Waals surface area contributed by atoms with Crippen LogP contribution in [0.25, 0.3) is 0 Å². The summed E-state index contributed by atoms with van der Waals surface area (Å²) >= 11 is 1.53. The highest BCUT2D eigenvalue weighted by Crippen LogP contribution is 2.27. The number of thioether (sulfide) groups is 1. The molecule has 29 heavy (non-hydrogen) atoms. The second kappa shape index (κ2) is 11.6. The van der Waals surface area contributed by atoms with Crippen LogP contribution < -0.4 is 10.7 Å². The van der Waals surface area contributed by atoms with E-state index >= 15 is 0 Å². The molecule has 0 radical (unpaired) electrons. The minimum atomic E-state index is -0.813. The number of ketones is 1. The zero-order valence-corrected chi connectivity index (χ0v) is 19.3. The van der Waals surface area contributed by atoms with E-state index in [0.717, 1.165) is 44.4 Å². The molecule has 1 aliphatic carbocycles. The van der Waals surface area contributed by atoms with Gasteiger partial charge in [-0.1, -0.05) is 57.9 Å². The summed E-state index contributed by atoms with van der Waals surface area (Å²) in [4.78, 5) is 39.5. The van der Waals surface area contributed by atoms with Gasteiger partial charge in [0.15, 0.2) is 5.17 Å². The number of carbonyl (C=O) groups is 3. The molecule has 1 atom stereocenters. The van der Waals surface area contributed by atoms with Crippen LogP contribution in [0.2, 0.25) is 0 Å². The summed E-state index contributed by atoms with van der Waals surface area (Å²) in [7, 11) is 1.89. The summed E-state index contributed by atoms with van der Waals surface area (Å²) in [6, 6.07) is -0.813. The van der Waals surface area contributed by atoms with E-state index in [2.05, 4.69) is 15.8 Å². The van der Waals surface area contributed by atoms with E-state index in [9.17, 15) is 14.4 Å². The molecule has 0 aromatic carbocycles. The van der Waals surface area contributed by atoms with Crippen molar-refractivity contribution in [1.82, 2.24) is 15.6 Å². The first-order valence-electron chi connectivity index (χ1n) is 9.93. The Kier molecular flexibility index (Phi) is 10.2. The van der Waals surface area contributed by atoms with Crippen LogP contribution >= 0.6 is 24.2 Å². The van der Waals surface area contributed by atoms with Crippen LogP contribution in [-0.2, 0) is 14.4 Å². The number of hydrogen-bond donors (Lipinski definition) is 2. The van der Waals surface area contributed by atoms with Crippen LogP contribution in [-0.4, -0.2) is 53.1 Å². The molecule has 1 saturated carbocycles. The Morgan fingerprint density at radius 3 is 2.41 bits per heavy atom. The highest BCUT2D eigenvalue weighted by molar-refractivity contribution is 8.14. The fourth-order valence-electron chi connectivity index (χ4n) is 3.28. The normalized spacial score (nSPS) is 20.4. The molecular weight excluding hydrogens is 412 g/mol. The molecule has 0 aromatic rings. The van der Waals surface area contributed by atoms with Crippen molar-refractivity contribution >= 4 is 46.9 Å². The monoisotopic (exact) mass is 444 g/mol. The smallest absolute Gasteiger partial charge is 0.309 e. The Hall–Kier alpha value is -1.54. The number of rotatable bonds is 6. The van der Waals surface area contributed by atoms with Crippen LogP contribution in [0.3, 0.4) is 0 Å². The van der Waals surface area contributed by atoms with Gasteiger partial charge in [0.2, 0.25) is 11.7 Å². The quantitative estimate of drug-likeness (QED) is 0.373. The topological polar surface area (TPSA) is 90.9 Å². The maximum atomic E-state index is 12.8. The van der Waals surface area contributed by atoms with Gasteiger partial charge in [-0.3, -0.25) is 14.4 Å². The number of allylic oxidation sites excluding steroid dienone is 1. The lowest BCUT2D eigenvalue weighted by Crippen LogP contribution is -2.51. The van der Waals surface area contributed by atoms with E-state index in [4.69, 9.17) is 0 Å². The van der Waals surface area contributed by atoms with E-state index in [1.54, 1.807) is 6.08 Å². The third-order valence-corrected chi connectivity index (χ3v) is 5.95. The first-order chi connectivity index (χ1) is 13.2. The molecule has 1 unspecified atom stereocenters. The average Bonchev–Trinajstić information content (AvgIpc) is 3.07. The first kappa shape index (κ1) is 25.5. The summed E-state index contributed by atoms with van der Waals surface area (Å²) in [5.41, 5.74) is 2.23. The van der Waals surface area contributed by atoms with Crippen molar-refractivity contribution in [3.05, 3.63) is 12.2 Å². The Labute approximate surface area is 183 Å². The minimum Gasteiger partial charge on any atom is -0.352 e. The van der Waals surface area contributed by atoms with Crippen LogP contribution in [0.15, 0.2) is 17.3 Å².